The number of carbonyl (C=O) groups is 1. The molecule has 2 heterocycles. The van der Waals surface area contributed by atoms with Gasteiger partial charge in [0.1, 0.15) is 46.9 Å². The molecular weight excluding hydrogens is 571 g/mol. The van der Waals surface area contributed by atoms with Gasteiger partial charge in [-0.05, 0) is 73.0 Å². The van der Waals surface area contributed by atoms with Gasteiger partial charge in [0.2, 0.25) is 11.6 Å². The summed E-state index contributed by atoms with van der Waals surface area (Å²) in [5.41, 5.74) is 10.7. The maximum absolute atomic E-state index is 13.2. The lowest BCUT2D eigenvalue weighted by Gasteiger charge is -2.26. The van der Waals surface area contributed by atoms with Crippen LogP contribution in [0.4, 0.5) is 4.39 Å². The van der Waals surface area contributed by atoms with Crippen molar-refractivity contribution in [3.63, 3.8) is 0 Å². The number of fused-ring (bicyclic) bond motifs is 2. The smallest absolute Gasteiger partial charge is 0.379 e. The molecule has 7 nitrogen and oxygen atoms in total. The number of hydrogen-bond donors (Lipinski definition) is 1. The molecule has 9 heteroatoms. The van der Waals surface area contributed by atoms with Crippen LogP contribution in [-0.2, 0) is 6.61 Å². The topological polar surface area (TPSA) is 108 Å². The molecule has 43 heavy (non-hydrogen) atoms. The van der Waals surface area contributed by atoms with E-state index in [1.54, 1.807) is 61.5 Å². The highest BCUT2D eigenvalue weighted by Gasteiger charge is 2.31. The van der Waals surface area contributed by atoms with E-state index in [1.807, 2.05) is 19.1 Å². The zero-order valence-electron chi connectivity index (χ0n) is 23.1. The molecule has 5 aromatic rings. The van der Waals surface area contributed by atoms with Crippen molar-refractivity contribution in [2.24, 2.45) is 5.73 Å². The highest BCUT2D eigenvalue weighted by molar-refractivity contribution is 6.32. The SMILES string of the molecule is Cc1cc2oc(C(=O)Oc3ccc4c(c3)OC(N)=C(C#N)C4c3ccc(OCc4ccc(F)cc4)cc3)c(C)c2cc1Cl. The van der Waals surface area contributed by atoms with Gasteiger partial charge >= 0.3 is 5.97 Å². The summed E-state index contributed by atoms with van der Waals surface area (Å²) < 4.78 is 36.2. The van der Waals surface area contributed by atoms with E-state index in [-0.39, 0.29) is 35.4 Å². The van der Waals surface area contributed by atoms with Gasteiger partial charge in [0.05, 0.1) is 5.92 Å². The van der Waals surface area contributed by atoms with E-state index in [1.165, 1.54) is 12.1 Å². The number of aryl methyl sites for hydroxylation is 2. The number of esters is 1. The minimum absolute atomic E-state index is 0.0412. The third-order valence-electron chi connectivity index (χ3n) is 7.34. The van der Waals surface area contributed by atoms with E-state index in [4.69, 9.17) is 36.0 Å². The molecule has 1 aromatic heterocycles. The Morgan fingerprint density at radius 2 is 1.74 bits per heavy atom. The van der Waals surface area contributed by atoms with Crippen molar-refractivity contribution < 1.29 is 27.8 Å². The standard InChI is InChI=1S/C34H24ClFN2O5/c1-18-13-29-26(15-28(18)35)19(2)32(42-29)34(39)41-24-11-12-25-30(14-24)43-33(38)27(16-37)31(25)21-5-9-23(10-6-21)40-17-20-3-7-22(36)8-4-20/h3-15,31H,17,38H2,1-2H3. The highest BCUT2D eigenvalue weighted by Crippen LogP contribution is 2.44. The number of ether oxygens (including phenoxy) is 3. The third kappa shape index (κ3) is 5.39. The van der Waals surface area contributed by atoms with Crippen LogP contribution in [0.5, 0.6) is 17.2 Å². The fourth-order valence-electron chi connectivity index (χ4n) is 5.04. The Kier molecular flexibility index (Phi) is 7.26. The molecule has 0 fully saturated rings. The lowest BCUT2D eigenvalue weighted by molar-refractivity contribution is 0.0702. The number of halogens is 2. The Hall–Kier alpha value is -5.26. The molecule has 6 rings (SSSR count). The van der Waals surface area contributed by atoms with Crippen LogP contribution < -0.4 is 19.9 Å². The summed E-state index contributed by atoms with van der Waals surface area (Å²) in [7, 11) is 0. The summed E-state index contributed by atoms with van der Waals surface area (Å²) in [6.07, 6.45) is 0. The first-order valence-corrected chi connectivity index (χ1v) is 13.7. The lowest BCUT2D eigenvalue weighted by Crippen LogP contribution is -2.21. The number of furan rings is 1. The average molecular weight is 595 g/mol. The molecule has 0 amide bonds. The van der Waals surface area contributed by atoms with Crippen molar-refractivity contribution in [2.75, 3.05) is 0 Å². The number of rotatable bonds is 6. The van der Waals surface area contributed by atoms with Gasteiger partial charge in [0, 0.05) is 27.6 Å². The van der Waals surface area contributed by atoms with E-state index in [9.17, 15) is 14.4 Å². The molecule has 1 unspecified atom stereocenters. The second kappa shape index (κ2) is 11.2. The molecule has 1 atom stereocenters. The van der Waals surface area contributed by atoms with Gasteiger partial charge in [0.15, 0.2) is 0 Å². The van der Waals surface area contributed by atoms with Gasteiger partial charge in [-0.2, -0.15) is 5.26 Å². The molecule has 0 aliphatic carbocycles. The van der Waals surface area contributed by atoms with Crippen molar-refractivity contribution in [1.82, 2.24) is 0 Å². The first-order valence-electron chi connectivity index (χ1n) is 13.3. The van der Waals surface area contributed by atoms with Crippen LogP contribution in [0.1, 0.15) is 44.3 Å². The third-order valence-corrected chi connectivity index (χ3v) is 7.74. The molecule has 1 aliphatic heterocycles. The molecule has 1 aliphatic rings. The predicted molar refractivity (Wildman–Crippen MR) is 159 cm³/mol. The van der Waals surface area contributed by atoms with Crippen LogP contribution in [0.25, 0.3) is 11.0 Å². The highest BCUT2D eigenvalue weighted by atomic mass is 35.5. The van der Waals surface area contributed by atoms with Crippen molar-refractivity contribution in [1.29, 1.82) is 5.26 Å². The van der Waals surface area contributed by atoms with E-state index >= 15 is 0 Å². The molecular formula is C34H24ClFN2O5. The first kappa shape index (κ1) is 27.9. The van der Waals surface area contributed by atoms with Crippen LogP contribution in [-0.4, -0.2) is 5.97 Å². The molecule has 0 spiro atoms. The second-order valence-corrected chi connectivity index (χ2v) is 10.6. The summed E-state index contributed by atoms with van der Waals surface area (Å²) in [6, 6.07) is 24.0. The second-order valence-electron chi connectivity index (χ2n) is 10.2. The first-order chi connectivity index (χ1) is 20.7. The van der Waals surface area contributed by atoms with Gasteiger partial charge in [-0.25, -0.2) is 9.18 Å². The molecule has 0 bridgehead atoms. The summed E-state index contributed by atoms with van der Waals surface area (Å²) in [6.45, 7) is 3.90. The number of hydrogen-bond acceptors (Lipinski definition) is 7. The van der Waals surface area contributed by atoms with Crippen LogP contribution in [0, 0.1) is 31.0 Å². The summed E-state index contributed by atoms with van der Waals surface area (Å²) in [5.74, 6) is -0.292. The van der Waals surface area contributed by atoms with Crippen LogP contribution in [0.2, 0.25) is 5.02 Å². The fraction of sp³-hybridized carbons (Fsp3) is 0.118. The molecule has 0 saturated heterocycles. The monoisotopic (exact) mass is 594 g/mol. The van der Waals surface area contributed by atoms with E-state index in [2.05, 4.69) is 6.07 Å². The predicted octanol–water partition coefficient (Wildman–Crippen LogP) is 7.86. The molecule has 4 aromatic carbocycles. The van der Waals surface area contributed by atoms with Crippen LogP contribution in [0.15, 0.2) is 94.7 Å². The number of nitriles is 1. The Bertz CT molecular complexity index is 1960. The largest absolute Gasteiger partial charge is 0.489 e. The van der Waals surface area contributed by atoms with Crippen molar-refractivity contribution in [2.45, 2.75) is 26.4 Å². The maximum Gasteiger partial charge on any atom is 0.379 e. The Balaban J connectivity index is 1.24. The van der Waals surface area contributed by atoms with Crippen LogP contribution in [0.3, 0.4) is 0 Å². The summed E-state index contributed by atoms with van der Waals surface area (Å²) >= 11 is 6.26. The van der Waals surface area contributed by atoms with Gasteiger partial charge < -0.3 is 24.4 Å². The van der Waals surface area contributed by atoms with Gasteiger partial charge in [0.25, 0.3) is 0 Å². The fourth-order valence-corrected chi connectivity index (χ4v) is 5.20. The average Bonchev–Trinajstić information content (AvgIpc) is 3.31. The quantitative estimate of drug-likeness (QED) is 0.157. The summed E-state index contributed by atoms with van der Waals surface area (Å²) in [5, 5.41) is 11.2. The van der Waals surface area contributed by atoms with Crippen LogP contribution >= 0.6 is 11.6 Å². The number of benzene rings is 4. The lowest BCUT2D eigenvalue weighted by atomic mass is 9.83. The zero-order chi connectivity index (χ0) is 30.2. The van der Waals surface area contributed by atoms with Gasteiger partial charge in [-0.3, -0.25) is 0 Å². The normalized spacial score (nSPS) is 14.2. The minimum atomic E-state index is -0.674. The van der Waals surface area contributed by atoms with Gasteiger partial charge in [-0.1, -0.05) is 41.9 Å². The van der Waals surface area contributed by atoms with Crippen molar-refractivity contribution in [3.8, 4) is 23.3 Å². The molecule has 214 valence electrons. The number of nitrogens with zero attached hydrogens (tertiary/aromatic N) is 1. The number of carbonyl (C=O) groups excluding carboxylic acids is 1. The van der Waals surface area contributed by atoms with Crippen molar-refractivity contribution >= 4 is 28.5 Å². The van der Waals surface area contributed by atoms with Gasteiger partial charge in [-0.15, -0.1) is 0 Å². The molecule has 2 N–H and O–H groups in total. The van der Waals surface area contributed by atoms with E-state index in [0.29, 0.717) is 33.2 Å². The van der Waals surface area contributed by atoms with E-state index in [0.717, 1.165) is 22.1 Å². The number of allylic oxidation sites excluding steroid dienone is 1. The summed E-state index contributed by atoms with van der Waals surface area (Å²) in [4.78, 5) is 13.1. The molecule has 0 saturated carbocycles. The zero-order valence-corrected chi connectivity index (χ0v) is 23.9. The number of nitrogens with two attached hydrogens (primary N) is 1. The van der Waals surface area contributed by atoms with Crippen molar-refractivity contribution in [3.05, 3.63) is 135 Å². The Morgan fingerprint density at radius 3 is 2.47 bits per heavy atom. The Morgan fingerprint density at radius 1 is 1.02 bits per heavy atom. The maximum atomic E-state index is 13.2. The minimum Gasteiger partial charge on any atom is -0.489 e. The van der Waals surface area contributed by atoms with E-state index < -0.39 is 11.9 Å². The molecule has 0 radical (unpaired) electrons. The Labute approximate surface area is 251 Å².